The van der Waals surface area contributed by atoms with Crippen molar-refractivity contribution < 1.29 is 4.79 Å². The molecule has 0 saturated carbocycles. The maximum atomic E-state index is 13.6. The van der Waals surface area contributed by atoms with Gasteiger partial charge in [0.25, 0.3) is 5.91 Å². The summed E-state index contributed by atoms with van der Waals surface area (Å²) in [6, 6.07) is 30.4. The van der Waals surface area contributed by atoms with Crippen molar-refractivity contribution in [3.63, 3.8) is 0 Å². The van der Waals surface area contributed by atoms with Gasteiger partial charge in [-0.2, -0.15) is 0 Å². The Kier molecular flexibility index (Phi) is 4.40. The van der Waals surface area contributed by atoms with E-state index in [1.54, 1.807) is 0 Å². The first-order chi connectivity index (χ1) is 14.6. The zero-order valence-corrected chi connectivity index (χ0v) is 17.0. The number of carbonyl (C=O) groups excluding carboxylic acids is 1. The first kappa shape index (κ1) is 18.3. The predicted molar refractivity (Wildman–Crippen MR) is 124 cm³/mol. The summed E-state index contributed by atoms with van der Waals surface area (Å²) in [6.45, 7) is 0. The van der Waals surface area contributed by atoms with Crippen LogP contribution in [0.1, 0.15) is 22.1 Å². The van der Waals surface area contributed by atoms with Crippen molar-refractivity contribution in [3.8, 4) is 0 Å². The van der Waals surface area contributed by atoms with Crippen molar-refractivity contribution in [2.75, 3.05) is 29.2 Å². The lowest BCUT2D eigenvalue weighted by Crippen LogP contribution is -2.43. The van der Waals surface area contributed by atoms with Gasteiger partial charge in [-0.1, -0.05) is 54.6 Å². The predicted octanol–water partition coefficient (Wildman–Crippen LogP) is 5.68. The molecule has 4 nitrogen and oxygen atoms in total. The third-order valence-electron chi connectivity index (χ3n) is 5.66. The fourth-order valence-corrected chi connectivity index (χ4v) is 4.03. The zero-order valence-electron chi connectivity index (χ0n) is 17.0. The van der Waals surface area contributed by atoms with Crippen LogP contribution in [0.5, 0.6) is 0 Å². The van der Waals surface area contributed by atoms with Crippen LogP contribution >= 0.6 is 0 Å². The number of nitrogens with one attached hydrogen (secondary N) is 1. The molecule has 148 valence electrons. The van der Waals surface area contributed by atoms with Gasteiger partial charge in [0.05, 0.1) is 5.56 Å². The standard InChI is InChI=1S/C26H23N3O/c1-28(2)21-14-12-19(13-15-21)25-27-24-10-6-5-9-23(24)26(30)29(25)22-16-11-18-7-3-4-8-20(18)17-22/h3-17,25,27H,1-2H3/t25-/m0/s1. The Morgan fingerprint density at radius 2 is 1.50 bits per heavy atom. The Balaban J connectivity index is 1.64. The minimum atomic E-state index is -0.287. The number of para-hydroxylation sites is 1. The molecule has 5 rings (SSSR count). The van der Waals surface area contributed by atoms with Crippen LogP contribution in [0.15, 0.2) is 91.0 Å². The van der Waals surface area contributed by atoms with E-state index in [2.05, 4.69) is 58.7 Å². The minimum absolute atomic E-state index is 0.00122. The highest BCUT2D eigenvalue weighted by atomic mass is 16.2. The average Bonchev–Trinajstić information content (AvgIpc) is 2.79. The van der Waals surface area contributed by atoms with Crippen LogP contribution in [0, 0.1) is 0 Å². The molecule has 1 heterocycles. The third kappa shape index (κ3) is 3.07. The van der Waals surface area contributed by atoms with Crippen LogP contribution in [0.2, 0.25) is 0 Å². The number of fused-ring (bicyclic) bond motifs is 2. The molecule has 1 atom stereocenters. The smallest absolute Gasteiger partial charge is 0.262 e. The van der Waals surface area contributed by atoms with E-state index in [0.29, 0.717) is 5.56 Å². The van der Waals surface area contributed by atoms with Gasteiger partial charge in [0.1, 0.15) is 6.17 Å². The summed E-state index contributed by atoms with van der Waals surface area (Å²) < 4.78 is 0. The van der Waals surface area contributed by atoms with Crippen LogP contribution in [-0.4, -0.2) is 20.0 Å². The van der Waals surface area contributed by atoms with Gasteiger partial charge in [-0.3, -0.25) is 9.69 Å². The molecule has 1 aliphatic heterocycles. The van der Waals surface area contributed by atoms with Crippen molar-refractivity contribution in [1.29, 1.82) is 0 Å². The largest absolute Gasteiger partial charge is 0.378 e. The number of nitrogens with zero attached hydrogens (tertiary/aromatic N) is 2. The van der Waals surface area contributed by atoms with Gasteiger partial charge in [-0.05, 0) is 52.7 Å². The molecule has 0 aliphatic carbocycles. The summed E-state index contributed by atoms with van der Waals surface area (Å²) >= 11 is 0. The summed E-state index contributed by atoms with van der Waals surface area (Å²) in [4.78, 5) is 17.5. The Morgan fingerprint density at radius 1 is 0.800 bits per heavy atom. The Bertz CT molecular complexity index is 1230. The highest BCUT2D eigenvalue weighted by Gasteiger charge is 2.34. The lowest BCUT2D eigenvalue weighted by atomic mass is 10.0. The van der Waals surface area contributed by atoms with Gasteiger partial charge in [0.15, 0.2) is 0 Å². The zero-order chi connectivity index (χ0) is 20.7. The van der Waals surface area contributed by atoms with E-state index in [-0.39, 0.29) is 12.1 Å². The van der Waals surface area contributed by atoms with Crippen molar-refractivity contribution in [3.05, 3.63) is 102 Å². The third-order valence-corrected chi connectivity index (χ3v) is 5.66. The molecule has 0 bridgehead atoms. The quantitative estimate of drug-likeness (QED) is 0.487. The molecule has 30 heavy (non-hydrogen) atoms. The van der Waals surface area contributed by atoms with E-state index >= 15 is 0 Å². The molecule has 1 aliphatic rings. The van der Waals surface area contributed by atoms with E-state index < -0.39 is 0 Å². The first-order valence-corrected chi connectivity index (χ1v) is 10.1. The SMILES string of the molecule is CN(C)c1ccc([C@H]2Nc3ccccc3C(=O)N2c2ccc3ccccc3c2)cc1. The number of amides is 1. The van der Waals surface area contributed by atoms with Gasteiger partial charge in [0.2, 0.25) is 0 Å². The monoisotopic (exact) mass is 393 g/mol. The summed E-state index contributed by atoms with van der Waals surface area (Å²) in [5.74, 6) is 0.00122. The molecule has 0 aromatic heterocycles. The molecule has 4 aromatic carbocycles. The van der Waals surface area contributed by atoms with Gasteiger partial charge in [-0.15, -0.1) is 0 Å². The number of benzene rings is 4. The van der Waals surface area contributed by atoms with Crippen molar-refractivity contribution >= 4 is 33.7 Å². The molecule has 0 saturated heterocycles. The average molecular weight is 393 g/mol. The van der Waals surface area contributed by atoms with Crippen LogP contribution in [0.3, 0.4) is 0 Å². The number of rotatable bonds is 3. The van der Waals surface area contributed by atoms with Crippen molar-refractivity contribution in [2.24, 2.45) is 0 Å². The summed E-state index contributed by atoms with van der Waals surface area (Å²) in [7, 11) is 4.05. The molecule has 1 N–H and O–H groups in total. The van der Waals surface area contributed by atoms with E-state index in [1.165, 1.54) is 0 Å². The lowest BCUT2D eigenvalue weighted by Gasteiger charge is -2.38. The van der Waals surface area contributed by atoms with Gasteiger partial charge < -0.3 is 10.2 Å². The molecular formula is C26H23N3O. The fourth-order valence-electron chi connectivity index (χ4n) is 4.03. The first-order valence-electron chi connectivity index (χ1n) is 10.1. The molecule has 0 unspecified atom stereocenters. The van der Waals surface area contributed by atoms with E-state index in [9.17, 15) is 4.79 Å². The Labute approximate surface area is 176 Å². The molecule has 0 radical (unpaired) electrons. The summed E-state index contributed by atoms with van der Waals surface area (Å²) in [5, 5.41) is 5.85. The topological polar surface area (TPSA) is 35.6 Å². The summed E-state index contributed by atoms with van der Waals surface area (Å²) in [6.07, 6.45) is -0.287. The van der Waals surface area contributed by atoms with Gasteiger partial charge >= 0.3 is 0 Å². The van der Waals surface area contributed by atoms with Gasteiger partial charge in [-0.25, -0.2) is 0 Å². The Hall–Kier alpha value is -3.79. The number of carbonyl (C=O) groups is 1. The molecule has 4 heteroatoms. The molecule has 1 amide bonds. The van der Waals surface area contributed by atoms with Crippen LogP contribution < -0.4 is 15.1 Å². The number of anilines is 3. The fraction of sp³-hybridized carbons (Fsp3) is 0.115. The number of hydrogen-bond donors (Lipinski definition) is 1. The lowest BCUT2D eigenvalue weighted by molar-refractivity contribution is 0.0975. The summed E-state index contributed by atoms with van der Waals surface area (Å²) in [5.41, 5.74) is 4.59. The number of hydrogen-bond acceptors (Lipinski definition) is 3. The van der Waals surface area contributed by atoms with Crippen LogP contribution in [-0.2, 0) is 0 Å². The van der Waals surface area contributed by atoms with Crippen molar-refractivity contribution in [1.82, 2.24) is 0 Å². The second-order valence-corrected chi connectivity index (χ2v) is 7.79. The molecule has 0 fully saturated rings. The second kappa shape index (κ2) is 7.23. The van der Waals surface area contributed by atoms with E-state index in [4.69, 9.17) is 0 Å². The van der Waals surface area contributed by atoms with E-state index in [1.807, 2.05) is 61.5 Å². The second-order valence-electron chi connectivity index (χ2n) is 7.79. The molecule has 4 aromatic rings. The molecular weight excluding hydrogens is 370 g/mol. The highest BCUT2D eigenvalue weighted by Crippen LogP contribution is 2.37. The maximum Gasteiger partial charge on any atom is 0.262 e. The maximum absolute atomic E-state index is 13.6. The molecule has 0 spiro atoms. The highest BCUT2D eigenvalue weighted by molar-refractivity contribution is 6.12. The Morgan fingerprint density at radius 3 is 2.27 bits per heavy atom. The van der Waals surface area contributed by atoms with E-state index in [0.717, 1.165) is 33.4 Å². The van der Waals surface area contributed by atoms with Crippen LogP contribution in [0.25, 0.3) is 10.8 Å². The van der Waals surface area contributed by atoms with Gasteiger partial charge in [0, 0.05) is 31.2 Å². The minimum Gasteiger partial charge on any atom is -0.378 e. The normalized spacial score (nSPS) is 15.6. The van der Waals surface area contributed by atoms with Crippen molar-refractivity contribution in [2.45, 2.75) is 6.17 Å². The van der Waals surface area contributed by atoms with Crippen LogP contribution in [0.4, 0.5) is 17.1 Å².